The molecule has 118 valence electrons. The lowest BCUT2D eigenvalue weighted by Gasteiger charge is -2.25. The Morgan fingerprint density at radius 3 is 2.43 bits per heavy atom. The molecule has 0 fully saturated rings. The van der Waals surface area contributed by atoms with Crippen LogP contribution >= 0.6 is 0 Å². The van der Waals surface area contributed by atoms with Crippen LogP contribution in [-0.2, 0) is 19.6 Å². The molecule has 0 spiro atoms. The smallest absolute Gasteiger partial charge is 0.256 e. The summed E-state index contributed by atoms with van der Waals surface area (Å²) in [5.74, 6) is -0.0809. The molecule has 1 aromatic carbocycles. The van der Waals surface area contributed by atoms with Crippen molar-refractivity contribution < 1.29 is 22.7 Å². The number of primary sulfonamides is 1. The van der Waals surface area contributed by atoms with Crippen molar-refractivity contribution in [1.29, 1.82) is 0 Å². The third-order valence-electron chi connectivity index (χ3n) is 3.35. The molecule has 8 heteroatoms. The van der Waals surface area contributed by atoms with Crippen LogP contribution in [0.2, 0.25) is 0 Å². The minimum absolute atomic E-state index is 0.116. The van der Waals surface area contributed by atoms with Gasteiger partial charge in [0.1, 0.15) is 11.4 Å². The van der Waals surface area contributed by atoms with Gasteiger partial charge in [-0.15, -0.1) is 0 Å². The molecule has 1 aromatic rings. The molecule has 0 saturated heterocycles. The van der Waals surface area contributed by atoms with E-state index in [2.05, 4.69) is 5.32 Å². The van der Waals surface area contributed by atoms with Crippen LogP contribution < -0.4 is 15.2 Å². The predicted molar refractivity (Wildman–Crippen MR) is 78.7 cm³/mol. The second-order valence-corrected chi connectivity index (χ2v) is 6.21. The van der Waals surface area contributed by atoms with Gasteiger partial charge in [-0.05, 0) is 31.5 Å². The van der Waals surface area contributed by atoms with Gasteiger partial charge in [-0.1, -0.05) is 6.92 Å². The average Bonchev–Trinajstić information content (AvgIpc) is 2.45. The van der Waals surface area contributed by atoms with Crippen LogP contribution in [0.5, 0.6) is 5.75 Å². The molecule has 3 N–H and O–H groups in total. The number of rotatable bonds is 6. The number of benzene rings is 1. The first kappa shape index (κ1) is 17.4. The van der Waals surface area contributed by atoms with E-state index in [-0.39, 0.29) is 10.6 Å². The summed E-state index contributed by atoms with van der Waals surface area (Å²) < 4.78 is 33.1. The van der Waals surface area contributed by atoms with Crippen molar-refractivity contribution in [3.8, 4) is 5.75 Å². The lowest BCUT2D eigenvalue weighted by molar-refractivity contribution is -0.136. The van der Waals surface area contributed by atoms with Gasteiger partial charge >= 0.3 is 0 Å². The van der Waals surface area contributed by atoms with Crippen LogP contribution in [0.3, 0.4) is 0 Å². The summed E-state index contributed by atoms with van der Waals surface area (Å²) >= 11 is 0. The van der Waals surface area contributed by atoms with Crippen molar-refractivity contribution in [3.63, 3.8) is 0 Å². The highest BCUT2D eigenvalue weighted by Gasteiger charge is 2.31. The molecule has 7 nitrogen and oxygen atoms in total. The fraction of sp³-hybridized carbons (Fsp3) is 0.462. The lowest BCUT2D eigenvalue weighted by atomic mass is 10.0. The summed E-state index contributed by atoms with van der Waals surface area (Å²) in [4.78, 5) is 12.1. The Hall–Kier alpha value is -1.64. The molecule has 0 aliphatic heterocycles. The summed E-state index contributed by atoms with van der Waals surface area (Å²) in [5, 5.41) is 7.69. The topological polar surface area (TPSA) is 108 Å². The summed E-state index contributed by atoms with van der Waals surface area (Å²) in [5.41, 5.74) is -0.812. The van der Waals surface area contributed by atoms with Crippen LogP contribution in [0.4, 0.5) is 5.69 Å². The maximum atomic E-state index is 12.3. The zero-order chi connectivity index (χ0) is 16.3. The van der Waals surface area contributed by atoms with E-state index < -0.39 is 21.5 Å². The molecule has 1 unspecified atom stereocenters. The Bertz CT molecular complexity index is 623. The van der Waals surface area contributed by atoms with Crippen LogP contribution in [0.15, 0.2) is 23.1 Å². The summed E-state index contributed by atoms with van der Waals surface area (Å²) in [6.45, 7) is 3.44. The Morgan fingerprint density at radius 1 is 1.38 bits per heavy atom. The van der Waals surface area contributed by atoms with Gasteiger partial charge in [0.05, 0.1) is 17.7 Å². The van der Waals surface area contributed by atoms with Crippen molar-refractivity contribution in [3.05, 3.63) is 18.2 Å². The number of nitrogens with one attached hydrogen (secondary N) is 1. The van der Waals surface area contributed by atoms with Gasteiger partial charge in [-0.3, -0.25) is 4.79 Å². The van der Waals surface area contributed by atoms with Crippen molar-refractivity contribution in [2.45, 2.75) is 30.8 Å². The zero-order valence-electron chi connectivity index (χ0n) is 12.5. The third kappa shape index (κ3) is 3.93. The summed E-state index contributed by atoms with van der Waals surface area (Å²) in [6.07, 6.45) is 0.451. The van der Waals surface area contributed by atoms with Crippen molar-refractivity contribution in [2.75, 3.05) is 19.5 Å². The molecule has 1 atom stereocenters. The quantitative estimate of drug-likeness (QED) is 0.817. The van der Waals surface area contributed by atoms with Gasteiger partial charge in [0.25, 0.3) is 5.91 Å². The highest BCUT2D eigenvalue weighted by atomic mass is 32.2. The van der Waals surface area contributed by atoms with E-state index in [4.69, 9.17) is 14.6 Å². The monoisotopic (exact) mass is 316 g/mol. The van der Waals surface area contributed by atoms with Gasteiger partial charge in [0, 0.05) is 7.11 Å². The SMILES string of the molecule is CCC(C)(OC)C(=O)Nc1cc(S(N)(=O)=O)ccc1OC. The fourth-order valence-electron chi connectivity index (χ4n) is 1.61. The van der Waals surface area contributed by atoms with Crippen LogP contribution in [-0.4, -0.2) is 34.1 Å². The number of anilines is 1. The second kappa shape index (κ2) is 6.42. The van der Waals surface area contributed by atoms with Gasteiger partial charge in [-0.25, -0.2) is 13.6 Å². The van der Waals surface area contributed by atoms with E-state index >= 15 is 0 Å². The Balaban J connectivity index is 3.20. The molecule has 0 heterocycles. The van der Waals surface area contributed by atoms with Crippen molar-refractivity contribution >= 4 is 21.6 Å². The molecule has 21 heavy (non-hydrogen) atoms. The van der Waals surface area contributed by atoms with Crippen LogP contribution in [0.25, 0.3) is 0 Å². The number of ether oxygens (including phenoxy) is 2. The van der Waals surface area contributed by atoms with Gasteiger partial charge in [0.15, 0.2) is 0 Å². The largest absolute Gasteiger partial charge is 0.495 e. The number of carbonyl (C=O) groups is 1. The first-order valence-corrected chi connectivity index (χ1v) is 7.80. The molecule has 0 bridgehead atoms. The number of methoxy groups -OCH3 is 2. The lowest BCUT2D eigenvalue weighted by Crippen LogP contribution is -2.41. The standard InChI is InChI=1S/C13H20N2O5S/c1-5-13(2,20-4)12(16)15-10-8-9(21(14,17)18)6-7-11(10)19-3/h6-8H,5H2,1-4H3,(H,15,16)(H2,14,17,18). The molecular formula is C13H20N2O5S. The van der Waals surface area contributed by atoms with Crippen LogP contribution in [0, 0.1) is 0 Å². The van der Waals surface area contributed by atoms with E-state index in [1.54, 1.807) is 13.8 Å². The van der Waals surface area contributed by atoms with Crippen LogP contribution in [0.1, 0.15) is 20.3 Å². The molecule has 0 aromatic heterocycles. The third-order valence-corrected chi connectivity index (χ3v) is 4.26. The molecule has 0 saturated carbocycles. The fourth-order valence-corrected chi connectivity index (χ4v) is 2.15. The number of hydrogen-bond donors (Lipinski definition) is 2. The maximum Gasteiger partial charge on any atom is 0.256 e. The Labute approximate surface area is 124 Å². The Kier molecular flexibility index (Phi) is 5.32. The second-order valence-electron chi connectivity index (χ2n) is 4.65. The van der Waals surface area contributed by atoms with E-state index in [1.807, 2.05) is 0 Å². The zero-order valence-corrected chi connectivity index (χ0v) is 13.3. The van der Waals surface area contributed by atoms with E-state index in [9.17, 15) is 13.2 Å². The summed E-state index contributed by atoms with van der Waals surface area (Å²) in [6, 6.07) is 3.97. The average molecular weight is 316 g/mol. The molecule has 0 radical (unpaired) electrons. The number of amides is 1. The molecule has 1 rings (SSSR count). The number of sulfonamides is 1. The maximum absolute atomic E-state index is 12.3. The van der Waals surface area contributed by atoms with E-state index in [1.165, 1.54) is 32.4 Å². The molecule has 0 aliphatic carbocycles. The number of carbonyl (C=O) groups excluding carboxylic acids is 1. The number of nitrogens with two attached hydrogens (primary N) is 1. The first-order chi connectivity index (χ1) is 9.67. The van der Waals surface area contributed by atoms with Gasteiger partial charge in [0.2, 0.25) is 10.0 Å². The van der Waals surface area contributed by atoms with Crippen molar-refractivity contribution in [2.24, 2.45) is 5.14 Å². The summed E-state index contributed by atoms with van der Waals surface area (Å²) in [7, 11) is -1.03. The Morgan fingerprint density at radius 2 is 2.00 bits per heavy atom. The van der Waals surface area contributed by atoms with Gasteiger partial charge < -0.3 is 14.8 Å². The van der Waals surface area contributed by atoms with E-state index in [0.717, 1.165) is 0 Å². The molecule has 1 amide bonds. The highest BCUT2D eigenvalue weighted by Crippen LogP contribution is 2.28. The first-order valence-electron chi connectivity index (χ1n) is 6.25. The molecular weight excluding hydrogens is 296 g/mol. The highest BCUT2D eigenvalue weighted by molar-refractivity contribution is 7.89. The predicted octanol–water partition coefficient (Wildman–Crippen LogP) is 1.10. The van der Waals surface area contributed by atoms with Gasteiger partial charge in [-0.2, -0.15) is 0 Å². The molecule has 0 aliphatic rings. The van der Waals surface area contributed by atoms with Crippen molar-refractivity contribution in [1.82, 2.24) is 0 Å². The number of hydrogen-bond acceptors (Lipinski definition) is 5. The normalized spacial score (nSPS) is 14.3. The van der Waals surface area contributed by atoms with E-state index in [0.29, 0.717) is 12.2 Å². The minimum atomic E-state index is -3.87. The minimum Gasteiger partial charge on any atom is -0.495 e.